The summed E-state index contributed by atoms with van der Waals surface area (Å²) in [5, 5.41) is 7.04. The molecular formula is C18H18ClFN4O2. The molecule has 0 unspecified atom stereocenters. The average molecular weight is 377 g/mol. The fraction of sp³-hybridized carbons (Fsp3) is 0.278. The fourth-order valence-corrected chi connectivity index (χ4v) is 2.75. The van der Waals surface area contributed by atoms with Gasteiger partial charge in [0.2, 0.25) is 11.7 Å². The summed E-state index contributed by atoms with van der Waals surface area (Å²) in [6.45, 7) is 0.749. The third-order valence-corrected chi connectivity index (χ3v) is 4.04. The van der Waals surface area contributed by atoms with Crippen molar-refractivity contribution in [2.45, 2.75) is 25.2 Å². The lowest BCUT2D eigenvalue weighted by atomic mass is 10.2. The molecule has 1 N–H and O–H groups in total. The van der Waals surface area contributed by atoms with Gasteiger partial charge < -0.3 is 14.6 Å². The van der Waals surface area contributed by atoms with E-state index < -0.39 is 6.17 Å². The zero-order valence-corrected chi connectivity index (χ0v) is 14.7. The van der Waals surface area contributed by atoms with Gasteiger partial charge in [0, 0.05) is 36.5 Å². The number of benzene rings is 1. The number of rotatable bonds is 5. The molecule has 1 fully saturated rings. The largest absolute Gasteiger partial charge is 0.489 e. The highest BCUT2D eigenvalue weighted by atomic mass is 35.5. The molecule has 0 saturated carbocycles. The summed E-state index contributed by atoms with van der Waals surface area (Å²) in [7, 11) is 0. The van der Waals surface area contributed by atoms with Gasteiger partial charge in [-0.15, -0.1) is 12.4 Å². The number of ether oxygens (including phenoxy) is 1. The highest BCUT2D eigenvalue weighted by Gasteiger charge is 2.29. The van der Waals surface area contributed by atoms with Crippen LogP contribution in [0.5, 0.6) is 5.75 Å². The van der Waals surface area contributed by atoms with Crippen LogP contribution in [0.2, 0.25) is 0 Å². The minimum absolute atomic E-state index is 0. The Balaban J connectivity index is 0.00000196. The van der Waals surface area contributed by atoms with Gasteiger partial charge in [0.15, 0.2) is 0 Å². The molecule has 1 aliphatic rings. The number of aromatic nitrogens is 3. The van der Waals surface area contributed by atoms with E-state index in [4.69, 9.17) is 9.26 Å². The highest BCUT2D eigenvalue weighted by molar-refractivity contribution is 5.85. The van der Waals surface area contributed by atoms with Gasteiger partial charge in [0.1, 0.15) is 18.5 Å². The molecule has 136 valence electrons. The lowest BCUT2D eigenvalue weighted by Crippen LogP contribution is -2.14. The molecule has 2 aromatic heterocycles. The lowest BCUT2D eigenvalue weighted by molar-refractivity contribution is 0.306. The van der Waals surface area contributed by atoms with E-state index in [1.54, 1.807) is 12.4 Å². The molecule has 2 atom stereocenters. The Hall–Kier alpha value is -2.51. The van der Waals surface area contributed by atoms with E-state index in [0.717, 1.165) is 11.1 Å². The van der Waals surface area contributed by atoms with E-state index in [-0.39, 0.29) is 18.4 Å². The van der Waals surface area contributed by atoms with Crippen molar-refractivity contribution in [2.75, 3.05) is 6.54 Å². The SMILES string of the molecule is Cl.F[C@@H]1CN[C@@H](c2nc(-c3cccc(OCc4cccnc4)c3)no2)C1. The van der Waals surface area contributed by atoms with E-state index in [9.17, 15) is 4.39 Å². The second-order valence-corrected chi connectivity index (χ2v) is 5.93. The topological polar surface area (TPSA) is 73.1 Å². The summed E-state index contributed by atoms with van der Waals surface area (Å²) < 4.78 is 24.4. The summed E-state index contributed by atoms with van der Waals surface area (Å²) in [6, 6.07) is 11.1. The summed E-state index contributed by atoms with van der Waals surface area (Å²) >= 11 is 0. The molecule has 0 bridgehead atoms. The summed E-state index contributed by atoms with van der Waals surface area (Å²) in [5.74, 6) is 1.58. The van der Waals surface area contributed by atoms with Crippen LogP contribution in [-0.4, -0.2) is 27.8 Å². The van der Waals surface area contributed by atoms with Gasteiger partial charge in [0.05, 0.1) is 6.04 Å². The zero-order valence-electron chi connectivity index (χ0n) is 13.8. The molecule has 8 heteroatoms. The van der Waals surface area contributed by atoms with Gasteiger partial charge >= 0.3 is 0 Å². The predicted octanol–water partition coefficient (Wildman–Crippen LogP) is 3.50. The van der Waals surface area contributed by atoms with E-state index in [2.05, 4.69) is 20.4 Å². The van der Waals surface area contributed by atoms with Crippen molar-refractivity contribution in [1.82, 2.24) is 20.4 Å². The molecule has 3 heterocycles. The van der Waals surface area contributed by atoms with Gasteiger partial charge in [-0.3, -0.25) is 4.98 Å². The van der Waals surface area contributed by atoms with E-state index >= 15 is 0 Å². The van der Waals surface area contributed by atoms with E-state index in [1.807, 2.05) is 36.4 Å². The number of pyridine rings is 1. The van der Waals surface area contributed by atoms with Crippen molar-refractivity contribution in [2.24, 2.45) is 0 Å². The lowest BCUT2D eigenvalue weighted by Gasteiger charge is -2.06. The predicted molar refractivity (Wildman–Crippen MR) is 95.8 cm³/mol. The Bertz CT molecular complexity index is 846. The number of nitrogens with one attached hydrogen (secondary N) is 1. The zero-order chi connectivity index (χ0) is 17.1. The maximum Gasteiger partial charge on any atom is 0.244 e. The van der Waals surface area contributed by atoms with Gasteiger partial charge in [0.25, 0.3) is 0 Å². The minimum atomic E-state index is -0.871. The van der Waals surface area contributed by atoms with Crippen molar-refractivity contribution < 1.29 is 13.7 Å². The van der Waals surface area contributed by atoms with Crippen molar-refractivity contribution in [3.8, 4) is 17.1 Å². The van der Waals surface area contributed by atoms with Crippen LogP contribution in [-0.2, 0) is 6.61 Å². The first-order valence-electron chi connectivity index (χ1n) is 8.11. The van der Waals surface area contributed by atoms with Crippen LogP contribution in [0.4, 0.5) is 4.39 Å². The normalized spacial score (nSPS) is 19.1. The first-order chi connectivity index (χ1) is 12.3. The van der Waals surface area contributed by atoms with Crippen molar-refractivity contribution in [3.05, 3.63) is 60.2 Å². The Morgan fingerprint density at radius 3 is 2.96 bits per heavy atom. The summed E-state index contributed by atoms with van der Waals surface area (Å²) in [5.41, 5.74) is 1.77. The van der Waals surface area contributed by atoms with E-state index in [1.165, 1.54) is 0 Å². The maximum absolute atomic E-state index is 13.3. The van der Waals surface area contributed by atoms with Gasteiger partial charge in [-0.1, -0.05) is 23.4 Å². The van der Waals surface area contributed by atoms with Crippen LogP contribution in [0.25, 0.3) is 11.4 Å². The van der Waals surface area contributed by atoms with Crippen LogP contribution in [0.15, 0.2) is 53.3 Å². The van der Waals surface area contributed by atoms with Crippen LogP contribution in [0.1, 0.15) is 23.9 Å². The number of nitrogens with zero attached hydrogens (tertiary/aromatic N) is 3. The average Bonchev–Trinajstić information content (AvgIpc) is 3.30. The first kappa shape index (κ1) is 18.3. The number of hydrogen-bond donors (Lipinski definition) is 1. The Morgan fingerprint density at radius 1 is 1.27 bits per heavy atom. The summed E-state index contributed by atoms with van der Waals surface area (Å²) in [6.07, 6.45) is 2.98. The Labute approximate surface area is 156 Å². The minimum Gasteiger partial charge on any atom is -0.489 e. The summed E-state index contributed by atoms with van der Waals surface area (Å²) in [4.78, 5) is 8.45. The van der Waals surface area contributed by atoms with Crippen LogP contribution in [0.3, 0.4) is 0 Å². The maximum atomic E-state index is 13.3. The first-order valence-corrected chi connectivity index (χ1v) is 8.11. The molecule has 0 radical (unpaired) electrons. The smallest absolute Gasteiger partial charge is 0.244 e. The molecule has 26 heavy (non-hydrogen) atoms. The second kappa shape index (κ2) is 8.25. The number of hydrogen-bond acceptors (Lipinski definition) is 6. The van der Waals surface area contributed by atoms with Gasteiger partial charge in [-0.2, -0.15) is 4.98 Å². The molecule has 1 saturated heterocycles. The van der Waals surface area contributed by atoms with E-state index in [0.29, 0.717) is 37.0 Å². The molecule has 0 spiro atoms. The Morgan fingerprint density at radius 2 is 2.19 bits per heavy atom. The quantitative estimate of drug-likeness (QED) is 0.734. The molecule has 0 aliphatic carbocycles. The number of alkyl halides is 1. The van der Waals surface area contributed by atoms with Crippen LogP contribution >= 0.6 is 12.4 Å². The number of halogens is 2. The van der Waals surface area contributed by atoms with Crippen LogP contribution in [0, 0.1) is 0 Å². The second-order valence-electron chi connectivity index (χ2n) is 5.93. The monoisotopic (exact) mass is 376 g/mol. The third kappa shape index (κ3) is 4.17. The highest BCUT2D eigenvalue weighted by Crippen LogP contribution is 2.27. The van der Waals surface area contributed by atoms with Gasteiger partial charge in [-0.25, -0.2) is 4.39 Å². The molecule has 0 amide bonds. The molecule has 6 nitrogen and oxygen atoms in total. The third-order valence-electron chi connectivity index (χ3n) is 4.04. The van der Waals surface area contributed by atoms with Crippen LogP contribution < -0.4 is 10.1 Å². The molecule has 1 aliphatic heterocycles. The molecular weight excluding hydrogens is 359 g/mol. The van der Waals surface area contributed by atoms with Gasteiger partial charge in [-0.05, 0) is 18.2 Å². The molecule has 1 aromatic carbocycles. The Kier molecular flexibility index (Phi) is 5.80. The van der Waals surface area contributed by atoms with Crippen molar-refractivity contribution >= 4 is 12.4 Å². The standard InChI is InChI=1S/C18H17FN4O2.ClH/c19-14-8-16(21-10-14)18-22-17(23-25-18)13-4-1-5-15(7-13)24-11-12-3-2-6-20-9-12;/h1-7,9,14,16,21H,8,10-11H2;1H/t14-,16+;/m0./s1. The van der Waals surface area contributed by atoms with Crippen molar-refractivity contribution in [3.63, 3.8) is 0 Å². The fourth-order valence-electron chi connectivity index (χ4n) is 2.75. The molecule has 4 rings (SSSR count). The van der Waals surface area contributed by atoms with Crippen molar-refractivity contribution in [1.29, 1.82) is 0 Å². The molecule has 3 aromatic rings.